The van der Waals surface area contributed by atoms with Crippen molar-refractivity contribution in [2.24, 2.45) is 0 Å². The van der Waals surface area contributed by atoms with Gasteiger partial charge in [0.2, 0.25) is 0 Å². The van der Waals surface area contributed by atoms with Gasteiger partial charge in [0.25, 0.3) is 0 Å². The lowest BCUT2D eigenvalue weighted by Crippen LogP contribution is -2.32. The summed E-state index contributed by atoms with van der Waals surface area (Å²) in [6.07, 6.45) is 37.1. The number of ether oxygens (including phenoxy) is 2. The highest BCUT2D eigenvalue weighted by Gasteiger charge is 2.20. The first-order valence-electron chi connectivity index (χ1n) is 23.8. The van der Waals surface area contributed by atoms with Crippen LogP contribution in [-0.4, -0.2) is 76.5 Å². The second-order valence-corrected chi connectivity index (χ2v) is 16.8. The summed E-state index contributed by atoms with van der Waals surface area (Å²) in [5.74, 6) is -0.218. The van der Waals surface area contributed by atoms with Gasteiger partial charge in [-0.15, -0.1) is 0 Å². The highest BCUT2D eigenvalue weighted by molar-refractivity contribution is 5.70. The molecule has 0 spiro atoms. The molecule has 8 heteroatoms. The van der Waals surface area contributed by atoms with Gasteiger partial charge in [-0.05, 0) is 77.3 Å². The maximum Gasteiger partial charge on any atom is 0.307 e. The van der Waals surface area contributed by atoms with Gasteiger partial charge in [0.15, 0.2) is 0 Å². The minimum Gasteiger partial charge on any atom is -0.462 e. The molecule has 1 aromatic heterocycles. The molecule has 55 heavy (non-hydrogen) atoms. The average molecular weight is 773 g/mol. The minimum atomic E-state index is -0.109. The van der Waals surface area contributed by atoms with E-state index in [1.54, 1.807) is 0 Å². The summed E-state index contributed by atoms with van der Waals surface area (Å²) in [5, 5.41) is 4.69. The van der Waals surface area contributed by atoms with Gasteiger partial charge in [0.05, 0.1) is 25.6 Å². The quantitative estimate of drug-likeness (QED) is 0.0492. The summed E-state index contributed by atoms with van der Waals surface area (Å²) in [7, 11) is 0. The molecule has 1 fully saturated rings. The van der Waals surface area contributed by atoms with Crippen LogP contribution in [0.3, 0.4) is 0 Å². The lowest BCUT2D eigenvalue weighted by atomic mass is 10.0. The zero-order valence-corrected chi connectivity index (χ0v) is 36.7. The first kappa shape index (κ1) is 49.2. The summed E-state index contributed by atoms with van der Waals surface area (Å²) in [4.78, 5) is 31.5. The summed E-state index contributed by atoms with van der Waals surface area (Å²) in [6, 6.07) is 0. The van der Waals surface area contributed by atoms with Crippen LogP contribution in [0.1, 0.15) is 219 Å². The third-order valence-electron chi connectivity index (χ3n) is 11.6. The number of unbranched alkanes of at least 4 members (excludes halogenated alkanes) is 16. The molecule has 8 nitrogen and oxygen atoms in total. The normalized spacial score (nSPS) is 14.7. The van der Waals surface area contributed by atoms with Crippen LogP contribution in [0, 0.1) is 0 Å². The van der Waals surface area contributed by atoms with Crippen LogP contribution in [-0.2, 0) is 32.2 Å². The van der Waals surface area contributed by atoms with Crippen molar-refractivity contribution in [3.05, 3.63) is 18.0 Å². The highest BCUT2D eigenvalue weighted by Crippen LogP contribution is 2.19. The maximum absolute atomic E-state index is 13.4. The van der Waals surface area contributed by atoms with Crippen molar-refractivity contribution in [1.82, 2.24) is 19.6 Å². The largest absolute Gasteiger partial charge is 0.462 e. The molecule has 1 aliphatic heterocycles. The number of nitrogens with zero attached hydrogens (tertiary/aromatic N) is 4. The fraction of sp³-hybridized carbons (Fsp3) is 0.894. The summed E-state index contributed by atoms with van der Waals surface area (Å²) >= 11 is 0. The van der Waals surface area contributed by atoms with E-state index in [1.807, 2.05) is 6.20 Å². The smallest absolute Gasteiger partial charge is 0.307 e. The van der Waals surface area contributed by atoms with E-state index in [-0.39, 0.29) is 24.1 Å². The molecule has 0 saturated carbocycles. The molecule has 1 aromatic rings. The van der Waals surface area contributed by atoms with Gasteiger partial charge in [-0.2, -0.15) is 5.10 Å². The Balaban J connectivity index is 2.00. The van der Waals surface area contributed by atoms with Crippen molar-refractivity contribution in [3.63, 3.8) is 0 Å². The van der Waals surface area contributed by atoms with E-state index >= 15 is 0 Å². The first-order chi connectivity index (χ1) is 27.0. The minimum absolute atomic E-state index is 0.0120. The summed E-state index contributed by atoms with van der Waals surface area (Å²) < 4.78 is 14.4. The molecule has 320 valence electrons. The molecule has 2 atom stereocenters. The monoisotopic (exact) mass is 773 g/mol. The fourth-order valence-electron chi connectivity index (χ4n) is 7.98. The predicted octanol–water partition coefficient (Wildman–Crippen LogP) is 12.2. The Hall–Kier alpha value is -1.93. The van der Waals surface area contributed by atoms with E-state index in [0.717, 1.165) is 70.0 Å². The van der Waals surface area contributed by atoms with Crippen LogP contribution < -0.4 is 0 Å². The number of carbonyl (C=O) groups excluding carboxylic acids is 2. The van der Waals surface area contributed by atoms with E-state index in [9.17, 15) is 9.59 Å². The SMILES string of the molecule is CCCCCCCCC(CCCCCC)OC(=O)CCN(CCC(=O)OC(CCCCCC)CCCCCCCC)Cc1cnn(CCN2CCCCC2)c1. The van der Waals surface area contributed by atoms with Crippen LogP contribution in [0.2, 0.25) is 0 Å². The van der Waals surface area contributed by atoms with E-state index < -0.39 is 0 Å². The third kappa shape index (κ3) is 26.6. The number of piperidine rings is 1. The Morgan fingerprint density at radius 3 is 1.47 bits per heavy atom. The molecule has 2 rings (SSSR count). The molecule has 2 heterocycles. The van der Waals surface area contributed by atoms with Gasteiger partial charge in [-0.3, -0.25) is 19.2 Å². The van der Waals surface area contributed by atoms with Crippen molar-refractivity contribution in [1.29, 1.82) is 0 Å². The standard InChI is InChI=1S/C47H88N4O4/c1-5-9-13-17-19-24-30-44(28-22-15-11-7-3)54-46(52)32-36-50(41-43-40-48-51(42-43)39-38-49-34-26-21-27-35-49)37-33-47(53)55-45(29-23-16-12-8-4)31-25-20-18-14-10-6-2/h40,42,44-45H,5-39,41H2,1-4H3. The van der Waals surface area contributed by atoms with Crippen LogP contribution >= 0.6 is 0 Å². The van der Waals surface area contributed by atoms with Crippen LogP contribution in [0.5, 0.6) is 0 Å². The van der Waals surface area contributed by atoms with Gasteiger partial charge in [-0.1, -0.05) is 137 Å². The Morgan fingerprint density at radius 1 is 0.600 bits per heavy atom. The van der Waals surface area contributed by atoms with Crippen LogP contribution in [0.15, 0.2) is 12.4 Å². The zero-order chi connectivity index (χ0) is 39.6. The van der Waals surface area contributed by atoms with Gasteiger partial charge >= 0.3 is 11.9 Å². The van der Waals surface area contributed by atoms with Gasteiger partial charge in [0.1, 0.15) is 12.2 Å². The molecule has 2 unspecified atom stereocenters. The molecule has 0 bridgehead atoms. The zero-order valence-electron chi connectivity index (χ0n) is 36.7. The average Bonchev–Trinajstić information content (AvgIpc) is 3.65. The Kier molecular flexibility index (Phi) is 30.6. The molecule has 0 aliphatic carbocycles. The Morgan fingerprint density at radius 2 is 1.02 bits per heavy atom. The van der Waals surface area contributed by atoms with Crippen molar-refractivity contribution in [2.75, 3.05) is 32.7 Å². The Labute approximate surface area is 339 Å². The van der Waals surface area contributed by atoms with Crippen molar-refractivity contribution in [3.8, 4) is 0 Å². The number of carbonyl (C=O) groups is 2. The van der Waals surface area contributed by atoms with Gasteiger partial charge in [-0.25, -0.2) is 0 Å². The molecule has 0 amide bonds. The number of hydrogen-bond donors (Lipinski definition) is 0. The molecule has 1 aliphatic rings. The van der Waals surface area contributed by atoms with Gasteiger partial charge in [0, 0.05) is 37.9 Å². The lowest BCUT2D eigenvalue weighted by Gasteiger charge is -2.26. The fourth-order valence-corrected chi connectivity index (χ4v) is 7.98. The van der Waals surface area contributed by atoms with Crippen molar-refractivity contribution >= 4 is 11.9 Å². The third-order valence-corrected chi connectivity index (χ3v) is 11.6. The van der Waals surface area contributed by atoms with E-state index in [0.29, 0.717) is 32.5 Å². The van der Waals surface area contributed by atoms with E-state index in [1.165, 1.54) is 135 Å². The summed E-state index contributed by atoms with van der Waals surface area (Å²) in [6.45, 7) is 15.0. The van der Waals surface area contributed by atoms with E-state index in [4.69, 9.17) is 9.47 Å². The molecule has 1 saturated heterocycles. The van der Waals surface area contributed by atoms with Gasteiger partial charge < -0.3 is 14.4 Å². The molecular weight excluding hydrogens is 685 g/mol. The number of esters is 2. The molecule has 0 aromatic carbocycles. The van der Waals surface area contributed by atoms with Crippen molar-refractivity contribution in [2.45, 2.75) is 239 Å². The van der Waals surface area contributed by atoms with E-state index in [2.05, 4.69) is 53.5 Å². The van der Waals surface area contributed by atoms with Crippen molar-refractivity contribution < 1.29 is 19.1 Å². The Bertz CT molecular complexity index is 992. The molecule has 0 radical (unpaired) electrons. The lowest BCUT2D eigenvalue weighted by molar-refractivity contribution is -0.150. The highest BCUT2D eigenvalue weighted by atomic mass is 16.5. The topological polar surface area (TPSA) is 76.9 Å². The number of hydrogen-bond acceptors (Lipinski definition) is 7. The maximum atomic E-state index is 13.4. The molecule has 0 N–H and O–H groups in total. The second-order valence-electron chi connectivity index (χ2n) is 16.8. The number of likely N-dealkylation sites (tertiary alicyclic amines) is 1. The first-order valence-corrected chi connectivity index (χ1v) is 23.8. The molecular formula is C47H88N4O4. The van der Waals surface area contributed by atoms with Crippen LogP contribution in [0.4, 0.5) is 0 Å². The summed E-state index contributed by atoms with van der Waals surface area (Å²) in [5.41, 5.74) is 1.12. The predicted molar refractivity (Wildman–Crippen MR) is 230 cm³/mol. The number of aromatic nitrogens is 2. The van der Waals surface area contributed by atoms with Crippen LogP contribution in [0.25, 0.3) is 0 Å². The number of rotatable bonds is 37. The second kappa shape index (κ2) is 34.1.